The summed E-state index contributed by atoms with van der Waals surface area (Å²) in [5.74, 6) is 0. The lowest BCUT2D eigenvalue weighted by atomic mass is 10.2. The van der Waals surface area contributed by atoms with Crippen molar-refractivity contribution in [2.24, 2.45) is 0 Å². The fraction of sp³-hybridized carbons (Fsp3) is 0.714. The Hall–Kier alpha value is -0.500. The molecule has 0 atom stereocenters. The Labute approximate surface area is 56.1 Å². The molecule has 1 aliphatic heterocycles. The van der Waals surface area contributed by atoms with Gasteiger partial charge in [0, 0.05) is 12.7 Å². The summed E-state index contributed by atoms with van der Waals surface area (Å²) in [6.07, 6.45) is 7.88. The van der Waals surface area contributed by atoms with Gasteiger partial charge in [-0.2, -0.15) is 0 Å². The molecule has 0 saturated heterocycles. The third-order valence-electron chi connectivity index (χ3n) is 1.51. The summed E-state index contributed by atoms with van der Waals surface area (Å²) in [5, 5.41) is 1.87. The highest BCUT2D eigenvalue weighted by molar-refractivity contribution is 4.81. The Balaban J connectivity index is 2.33. The molecule has 1 rings (SSSR count). The van der Waals surface area contributed by atoms with Crippen LogP contribution in [0.5, 0.6) is 0 Å². The SMILES string of the molecule is CON1C=CCCCC1. The molecule has 52 valence electrons. The van der Waals surface area contributed by atoms with E-state index in [9.17, 15) is 0 Å². The van der Waals surface area contributed by atoms with Gasteiger partial charge in [-0.05, 0) is 19.3 Å². The zero-order chi connectivity index (χ0) is 6.53. The van der Waals surface area contributed by atoms with Crippen LogP contribution in [0.15, 0.2) is 12.3 Å². The van der Waals surface area contributed by atoms with E-state index >= 15 is 0 Å². The largest absolute Gasteiger partial charge is 0.277 e. The summed E-state index contributed by atoms with van der Waals surface area (Å²) in [6, 6.07) is 0. The Morgan fingerprint density at radius 2 is 2.33 bits per heavy atom. The van der Waals surface area contributed by atoms with Gasteiger partial charge in [0.15, 0.2) is 0 Å². The lowest BCUT2D eigenvalue weighted by Gasteiger charge is -2.13. The molecular formula is C7H13NO. The van der Waals surface area contributed by atoms with Crippen LogP contribution in [0.25, 0.3) is 0 Å². The second kappa shape index (κ2) is 3.51. The highest BCUT2D eigenvalue weighted by Gasteiger charge is 1.98. The van der Waals surface area contributed by atoms with Crippen LogP contribution in [0.1, 0.15) is 19.3 Å². The van der Waals surface area contributed by atoms with E-state index in [2.05, 4.69) is 6.08 Å². The molecule has 0 aromatic heterocycles. The fourth-order valence-electron chi connectivity index (χ4n) is 0.949. The molecule has 0 fully saturated rings. The summed E-state index contributed by atoms with van der Waals surface area (Å²) < 4.78 is 0. The van der Waals surface area contributed by atoms with Crippen molar-refractivity contribution in [1.29, 1.82) is 0 Å². The maximum absolute atomic E-state index is 5.02. The van der Waals surface area contributed by atoms with Gasteiger partial charge in [0.05, 0.1) is 7.11 Å². The van der Waals surface area contributed by atoms with Gasteiger partial charge in [0.25, 0.3) is 0 Å². The second-order valence-electron chi connectivity index (χ2n) is 2.20. The first-order chi connectivity index (χ1) is 4.43. The molecule has 0 amide bonds. The molecule has 1 aliphatic rings. The second-order valence-corrected chi connectivity index (χ2v) is 2.20. The summed E-state index contributed by atoms with van der Waals surface area (Å²) in [7, 11) is 1.70. The van der Waals surface area contributed by atoms with Gasteiger partial charge in [0.2, 0.25) is 0 Å². The van der Waals surface area contributed by atoms with Crippen molar-refractivity contribution in [3.63, 3.8) is 0 Å². The molecule has 2 nitrogen and oxygen atoms in total. The molecule has 0 aliphatic carbocycles. The van der Waals surface area contributed by atoms with Gasteiger partial charge in [-0.1, -0.05) is 6.08 Å². The predicted octanol–water partition coefficient (Wildman–Crippen LogP) is 1.55. The first-order valence-corrected chi connectivity index (χ1v) is 3.41. The molecule has 0 N–H and O–H groups in total. The number of hydroxylamine groups is 2. The van der Waals surface area contributed by atoms with Gasteiger partial charge < -0.3 is 0 Å². The number of allylic oxidation sites excluding steroid dienone is 1. The van der Waals surface area contributed by atoms with Crippen LogP contribution in [0.3, 0.4) is 0 Å². The third-order valence-corrected chi connectivity index (χ3v) is 1.51. The maximum atomic E-state index is 5.02. The minimum atomic E-state index is 1.03. The topological polar surface area (TPSA) is 12.5 Å². The third kappa shape index (κ3) is 2.06. The minimum absolute atomic E-state index is 1.03. The van der Waals surface area contributed by atoms with Gasteiger partial charge in [-0.3, -0.25) is 9.90 Å². The lowest BCUT2D eigenvalue weighted by Crippen LogP contribution is -2.15. The van der Waals surface area contributed by atoms with E-state index in [-0.39, 0.29) is 0 Å². The van der Waals surface area contributed by atoms with Gasteiger partial charge in [-0.15, -0.1) is 0 Å². The minimum Gasteiger partial charge on any atom is -0.277 e. The maximum Gasteiger partial charge on any atom is 0.0638 e. The zero-order valence-corrected chi connectivity index (χ0v) is 5.84. The Morgan fingerprint density at radius 3 is 3.11 bits per heavy atom. The Kier molecular flexibility index (Phi) is 2.58. The van der Waals surface area contributed by atoms with E-state index in [0.29, 0.717) is 0 Å². The molecule has 1 heterocycles. The van der Waals surface area contributed by atoms with Crippen LogP contribution in [-0.2, 0) is 4.84 Å². The Morgan fingerprint density at radius 1 is 1.44 bits per heavy atom. The molecular weight excluding hydrogens is 114 g/mol. The first kappa shape index (κ1) is 6.62. The Bertz CT molecular complexity index is 101. The number of nitrogens with zero attached hydrogens (tertiary/aromatic N) is 1. The molecule has 0 spiro atoms. The van der Waals surface area contributed by atoms with Gasteiger partial charge in [-0.25, -0.2) is 0 Å². The van der Waals surface area contributed by atoms with Crippen LogP contribution >= 0.6 is 0 Å². The highest BCUT2D eigenvalue weighted by Crippen LogP contribution is 2.05. The number of hydrogen-bond acceptors (Lipinski definition) is 2. The van der Waals surface area contributed by atoms with Crippen LogP contribution in [0.4, 0.5) is 0 Å². The van der Waals surface area contributed by atoms with E-state index in [4.69, 9.17) is 4.84 Å². The normalized spacial score (nSPS) is 19.9. The van der Waals surface area contributed by atoms with E-state index in [1.807, 2.05) is 11.3 Å². The smallest absolute Gasteiger partial charge is 0.0638 e. The van der Waals surface area contributed by atoms with Crippen LogP contribution in [0, 0.1) is 0 Å². The zero-order valence-electron chi connectivity index (χ0n) is 5.84. The lowest BCUT2D eigenvalue weighted by molar-refractivity contribution is -0.0869. The molecule has 0 bridgehead atoms. The van der Waals surface area contributed by atoms with E-state index in [1.54, 1.807) is 7.11 Å². The molecule has 0 saturated carbocycles. The van der Waals surface area contributed by atoms with Crippen molar-refractivity contribution in [3.8, 4) is 0 Å². The summed E-state index contributed by atoms with van der Waals surface area (Å²) in [4.78, 5) is 5.02. The summed E-state index contributed by atoms with van der Waals surface area (Å²) in [5.41, 5.74) is 0. The van der Waals surface area contributed by atoms with E-state index < -0.39 is 0 Å². The number of rotatable bonds is 1. The average molecular weight is 127 g/mol. The van der Waals surface area contributed by atoms with Crippen LogP contribution in [0.2, 0.25) is 0 Å². The van der Waals surface area contributed by atoms with Gasteiger partial charge >= 0.3 is 0 Å². The first-order valence-electron chi connectivity index (χ1n) is 3.41. The van der Waals surface area contributed by atoms with Gasteiger partial charge in [0.1, 0.15) is 0 Å². The molecule has 2 heteroatoms. The molecule has 0 unspecified atom stereocenters. The monoisotopic (exact) mass is 127 g/mol. The van der Waals surface area contributed by atoms with Crippen molar-refractivity contribution in [1.82, 2.24) is 5.06 Å². The molecule has 0 aromatic rings. The van der Waals surface area contributed by atoms with E-state index in [0.717, 1.165) is 6.54 Å². The van der Waals surface area contributed by atoms with Crippen molar-refractivity contribution in [2.45, 2.75) is 19.3 Å². The highest BCUT2D eigenvalue weighted by atomic mass is 16.7. The summed E-state index contributed by atoms with van der Waals surface area (Å²) >= 11 is 0. The number of hydrogen-bond donors (Lipinski definition) is 0. The standard InChI is InChI=1S/C7H13NO/c1-9-8-6-4-2-3-5-7-8/h4,6H,2-3,5,7H2,1H3. The fourth-order valence-corrected chi connectivity index (χ4v) is 0.949. The van der Waals surface area contributed by atoms with Crippen LogP contribution < -0.4 is 0 Å². The van der Waals surface area contributed by atoms with Crippen molar-refractivity contribution in [3.05, 3.63) is 12.3 Å². The summed E-state index contributed by atoms with van der Waals surface area (Å²) in [6.45, 7) is 1.03. The van der Waals surface area contributed by atoms with Crippen LogP contribution in [-0.4, -0.2) is 18.7 Å². The van der Waals surface area contributed by atoms with Crippen molar-refractivity contribution >= 4 is 0 Å². The quantitative estimate of drug-likeness (QED) is 0.530. The average Bonchev–Trinajstić information content (AvgIpc) is 2.13. The van der Waals surface area contributed by atoms with Crippen molar-refractivity contribution < 1.29 is 4.84 Å². The molecule has 0 radical (unpaired) electrons. The van der Waals surface area contributed by atoms with E-state index in [1.165, 1.54) is 19.3 Å². The molecule has 0 aromatic carbocycles. The van der Waals surface area contributed by atoms with Crippen molar-refractivity contribution in [2.75, 3.05) is 13.7 Å². The molecule has 9 heavy (non-hydrogen) atoms. The predicted molar refractivity (Wildman–Crippen MR) is 36.7 cm³/mol.